The summed E-state index contributed by atoms with van der Waals surface area (Å²) in [5.74, 6) is 0.314. The smallest absolute Gasteiger partial charge is 0.303 e. The molecule has 4 nitrogen and oxygen atoms in total. The highest BCUT2D eigenvalue weighted by molar-refractivity contribution is 5.66. The van der Waals surface area contributed by atoms with Crippen molar-refractivity contribution in [1.82, 2.24) is 0 Å². The molecule has 5 rings (SSSR count). The quantitative estimate of drug-likeness (QED) is 0.571. The van der Waals surface area contributed by atoms with Crippen LogP contribution in [0.5, 0.6) is 5.75 Å². The van der Waals surface area contributed by atoms with E-state index in [1.807, 2.05) is 0 Å². The third-order valence-electron chi connectivity index (χ3n) is 7.34. The Morgan fingerprint density at radius 1 is 1.11 bits per heavy atom. The van der Waals surface area contributed by atoms with Crippen LogP contribution in [0.4, 0.5) is 0 Å². The second kappa shape index (κ2) is 8.44. The Morgan fingerprint density at radius 3 is 2.57 bits per heavy atom. The van der Waals surface area contributed by atoms with Crippen LogP contribution in [0.1, 0.15) is 89.0 Å². The Labute approximate surface area is 168 Å². The second-order valence-electron chi connectivity index (χ2n) is 9.29. The van der Waals surface area contributed by atoms with Crippen LogP contribution in [0.3, 0.4) is 0 Å². The van der Waals surface area contributed by atoms with Crippen molar-refractivity contribution in [3.63, 3.8) is 0 Å². The first-order valence-corrected chi connectivity index (χ1v) is 11.2. The lowest BCUT2D eigenvalue weighted by Crippen LogP contribution is -2.49. The summed E-state index contributed by atoms with van der Waals surface area (Å²) in [6.07, 6.45) is 14.3. The molecule has 4 heteroatoms. The SMILES string of the molecule is O=C(O)CCCCC12CCC(c3cccc(OC4CCCCC4)c3)(CC1)OC2. The molecule has 0 aromatic heterocycles. The fraction of sp³-hybridized carbons (Fsp3) is 0.708. The topological polar surface area (TPSA) is 55.8 Å². The van der Waals surface area contributed by atoms with E-state index in [4.69, 9.17) is 14.6 Å². The maximum atomic E-state index is 10.7. The predicted octanol–water partition coefficient (Wildman–Crippen LogP) is 5.83. The molecule has 154 valence electrons. The molecule has 2 saturated heterocycles. The first kappa shape index (κ1) is 19.8. The molecule has 2 heterocycles. The molecule has 2 bridgehead atoms. The summed E-state index contributed by atoms with van der Waals surface area (Å²) in [5.41, 5.74) is 1.41. The van der Waals surface area contributed by atoms with Gasteiger partial charge in [0, 0.05) is 6.42 Å². The molecule has 28 heavy (non-hydrogen) atoms. The normalized spacial score (nSPS) is 30.3. The lowest BCUT2D eigenvalue weighted by atomic mass is 9.62. The first-order chi connectivity index (χ1) is 13.6. The van der Waals surface area contributed by atoms with Gasteiger partial charge in [-0.25, -0.2) is 0 Å². The number of carboxylic acids is 1. The predicted molar refractivity (Wildman–Crippen MR) is 109 cm³/mol. The lowest BCUT2D eigenvalue weighted by molar-refractivity contribution is -0.192. The van der Waals surface area contributed by atoms with Crippen LogP contribution < -0.4 is 4.74 Å². The lowest BCUT2D eigenvalue weighted by Gasteiger charge is -2.53. The summed E-state index contributed by atoms with van der Waals surface area (Å²) in [5, 5.41) is 8.83. The first-order valence-electron chi connectivity index (χ1n) is 11.2. The summed E-state index contributed by atoms with van der Waals surface area (Å²) in [6, 6.07) is 8.64. The molecule has 4 fully saturated rings. The Bertz CT molecular complexity index is 652. The van der Waals surface area contributed by atoms with E-state index in [0.717, 1.165) is 44.5 Å². The van der Waals surface area contributed by atoms with E-state index in [1.165, 1.54) is 50.5 Å². The number of fused-ring (bicyclic) bond motifs is 3. The second-order valence-corrected chi connectivity index (χ2v) is 9.29. The summed E-state index contributed by atoms with van der Waals surface area (Å²) in [4.78, 5) is 10.7. The van der Waals surface area contributed by atoms with Gasteiger partial charge in [-0.3, -0.25) is 4.79 Å². The van der Waals surface area contributed by atoms with Crippen LogP contribution in [-0.4, -0.2) is 23.8 Å². The third-order valence-corrected chi connectivity index (χ3v) is 7.34. The molecule has 2 saturated carbocycles. The molecular weight excluding hydrogens is 352 g/mol. The minimum atomic E-state index is -0.685. The van der Waals surface area contributed by atoms with Crippen LogP contribution in [0.25, 0.3) is 0 Å². The zero-order valence-electron chi connectivity index (χ0n) is 17.0. The monoisotopic (exact) mass is 386 g/mol. The molecule has 0 amide bonds. The highest BCUT2D eigenvalue weighted by Crippen LogP contribution is 2.55. The van der Waals surface area contributed by atoms with Crippen molar-refractivity contribution in [2.75, 3.05) is 6.61 Å². The average molecular weight is 387 g/mol. The number of rotatable bonds is 8. The van der Waals surface area contributed by atoms with Gasteiger partial charge in [-0.15, -0.1) is 0 Å². The Hall–Kier alpha value is -1.55. The van der Waals surface area contributed by atoms with E-state index in [-0.39, 0.29) is 17.4 Å². The van der Waals surface area contributed by atoms with Crippen LogP contribution in [0.2, 0.25) is 0 Å². The number of hydrogen-bond acceptors (Lipinski definition) is 3. The number of benzene rings is 1. The van der Waals surface area contributed by atoms with Gasteiger partial charge in [-0.2, -0.15) is 0 Å². The minimum absolute atomic E-state index is 0.144. The minimum Gasteiger partial charge on any atom is -0.490 e. The van der Waals surface area contributed by atoms with E-state index in [2.05, 4.69) is 24.3 Å². The van der Waals surface area contributed by atoms with Crippen molar-refractivity contribution < 1.29 is 19.4 Å². The molecule has 4 aliphatic rings. The van der Waals surface area contributed by atoms with Gasteiger partial charge in [-0.1, -0.05) is 25.0 Å². The fourth-order valence-corrected chi connectivity index (χ4v) is 5.46. The van der Waals surface area contributed by atoms with Gasteiger partial charge in [0.25, 0.3) is 0 Å². The summed E-state index contributed by atoms with van der Waals surface area (Å²) in [6.45, 7) is 0.813. The summed E-state index contributed by atoms with van der Waals surface area (Å²) in [7, 11) is 0. The van der Waals surface area contributed by atoms with Crippen molar-refractivity contribution >= 4 is 5.97 Å². The standard InChI is InChI=1S/C24H34O4/c25-22(26)11-4-5-12-23-13-15-24(16-14-23,27-18-23)19-7-6-10-21(17-19)28-20-8-2-1-3-9-20/h6-7,10,17,20H,1-5,8-9,11-16,18H2,(H,25,26). The summed E-state index contributed by atoms with van der Waals surface area (Å²) < 4.78 is 12.8. The largest absolute Gasteiger partial charge is 0.490 e. The van der Waals surface area contributed by atoms with Gasteiger partial charge in [0.05, 0.1) is 18.3 Å². The highest BCUT2D eigenvalue weighted by Gasteiger charge is 2.50. The molecule has 2 aliphatic carbocycles. The number of aliphatic carboxylic acids is 1. The van der Waals surface area contributed by atoms with E-state index >= 15 is 0 Å². The van der Waals surface area contributed by atoms with Crippen molar-refractivity contribution in [3.8, 4) is 5.75 Å². The molecule has 1 aromatic rings. The van der Waals surface area contributed by atoms with E-state index in [0.29, 0.717) is 6.10 Å². The number of carboxylic acid groups (broad SMARTS) is 1. The van der Waals surface area contributed by atoms with Gasteiger partial charge in [0.2, 0.25) is 0 Å². The van der Waals surface area contributed by atoms with Gasteiger partial charge in [0.1, 0.15) is 5.75 Å². The molecule has 0 radical (unpaired) electrons. The van der Waals surface area contributed by atoms with Crippen LogP contribution in [-0.2, 0) is 15.1 Å². The molecule has 1 aromatic carbocycles. The molecule has 0 atom stereocenters. The highest BCUT2D eigenvalue weighted by atomic mass is 16.5. The van der Waals surface area contributed by atoms with Crippen LogP contribution in [0, 0.1) is 5.41 Å². The summed E-state index contributed by atoms with van der Waals surface area (Å²) >= 11 is 0. The number of carbonyl (C=O) groups is 1. The molecule has 2 aliphatic heterocycles. The van der Waals surface area contributed by atoms with Gasteiger partial charge >= 0.3 is 5.97 Å². The zero-order chi connectivity index (χ0) is 19.5. The third kappa shape index (κ3) is 4.37. The molecule has 1 N–H and O–H groups in total. The molecule has 0 spiro atoms. The van der Waals surface area contributed by atoms with E-state index < -0.39 is 5.97 Å². The number of hydrogen-bond donors (Lipinski definition) is 1. The Kier molecular flexibility index (Phi) is 5.96. The van der Waals surface area contributed by atoms with Gasteiger partial charge in [-0.05, 0) is 87.3 Å². The van der Waals surface area contributed by atoms with Crippen LogP contribution >= 0.6 is 0 Å². The number of ether oxygens (including phenoxy) is 2. The van der Waals surface area contributed by atoms with E-state index in [9.17, 15) is 4.79 Å². The zero-order valence-corrected chi connectivity index (χ0v) is 17.0. The average Bonchev–Trinajstić information content (AvgIpc) is 2.74. The van der Waals surface area contributed by atoms with Gasteiger partial charge in [0.15, 0.2) is 0 Å². The van der Waals surface area contributed by atoms with Crippen molar-refractivity contribution in [2.45, 2.75) is 95.2 Å². The van der Waals surface area contributed by atoms with E-state index in [1.54, 1.807) is 0 Å². The molecular formula is C24H34O4. The van der Waals surface area contributed by atoms with Crippen molar-refractivity contribution in [2.24, 2.45) is 5.41 Å². The number of unbranched alkanes of at least 4 members (excludes halogenated alkanes) is 1. The van der Waals surface area contributed by atoms with Crippen molar-refractivity contribution in [3.05, 3.63) is 29.8 Å². The van der Waals surface area contributed by atoms with Gasteiger partial charge < -0.3 is 14.6 Å². The molecule has 0 unspecified atom stereocenters. The Balaban J connectivity index is 1.36. The Morgan fingerprint density at radius 2 is 1.89 bits per heavy atom. The van der Waals surface area contributed by atoms with Crippen molar-refractivity contribution in [1.29, 1.82) is 0 Å². The fourth-order valence-electron chi connectivity index (χ4n) is 5.46. The maximum absolute atomic E-state index is 10.7. The maximum Gasteiger partial charge on any atom is 0.303 e. The van der Waals surface area contributed by atoms with Crippen LogP contribution in [0.15, 0.2) is 24.3 Å².